The molecule has 190 valence electrons. The Morgan fingerprint density at radius 3 is 2.11 bits per heavy atom. The molecule has 5 N–H and O–H groups in total. The maximum atomic E-state index is 12.8. The molecule has 37 heavy (non-hydrogen) atoms. The van der Waals surface area contributed by atoms with Crippen molar-refractivity contribution in [3.63, 3.8) is 0 Å². The van der Waals surface area contributed by atoms with Crippen molar-refractivity contribution in [2.75, 3.05) is 36.8 Å². The lowest BCUT2D eigenvalue weighted by Gasteiger charge is -2.16. The number of rotatable bonds is 10. The Hall–Kier alpha value is -4.73. The minimum absolute atomic E-state index is 0.0921. The Kier molecular flexibility index (Phi) is 8.09. The van der Waals surface area contributed by atoms with Gasteiger partial charge in [-0.05, 0) is 13.0 Å². The van der Waals surface area contributed by atoms with E-state index in [1.165, 1.54) is 13.0 Å². The maximum absolute atomic E-state index is 12.8. The predicted octanol–water partition coefficient (Wildman–Crippen LogP) is 3.10. The predicted molar refractivity (Wildman–Crippen MR) is 144 cm³/mol. The first-order chi connectivity index (χ1) is 17.9. The van der Waals surface area contributed by atoms with Crippen LogP contribution in [0.15, 0.2) is 60.7 Å². The molecule has 2 aromatic carbocycles. The average molecular weight is 500 g/mol. The first kappa shape index (κ1) is 25.4. The summed E-state index contributed by atoms with van der Waals surface area (Å²) in [5.41, 5.74) is 2.60. The molecule has 0 unspecified atom stereocenters. The van der Waals surface area contributed by atoms with E-state index in [-0.39, 0.29) is 17.7 Å². The van der Waals surface area contributed by atoms with Crippen molar-refractivity contribution in [3.05, 3.63) is 71.8 Å². The fraction of sp³-hybridized carbons (Fsp3) is 0.222. The van der Waals surface area contributed by atoms with Crippen LogP contribution in [-0.2, 0) is 4.79 Å². The molecule has 2 amide bonds. The van der Waals surface area contributed by atoms with Gasteiger partial charge >= 0.3 is 0 Å². The molecule has 4 rings (SSSR count). The number of hydrogen-bond donors (Lipinski definition) is 5. The van der Waals surface area contributed by atoms with Crippen LogP contribution in [0.1, 0.15) is 22.8 Å². The minimum atomic E-state index is -0.305. The lowest BCUT2D eigenvalue weighted by Crippen LogP contribution is -2.29. The second kappa shape index (κ2) is 11.8. The summed E-state index contributed by atoms with van der Waals surface area (Å²) in [7, 11) is 0. The molecule has 2 aromatic heterocycles. The number of carbonyl (C=O) groups excluding carboxylic acids is 2. The topological polar surface area (TPSA) is 141 Å². The number of amides is 2. The first-order valence-corrected chi connectivity index (χ1v) is 12.0. The summed E-state index contributed by atoms with van der Waals surface area (Å²) in [6, 6.07) is 18.2. The molecule has 0 saturated heterocycles. The monoisotopic (exact) mass is 499 g/mol. The average Bonchev–Trinajstić information content (AvgIpc) is 2.90. The van der Waals surface area contributed by atoms with Crippen LogP contribution < -0.4 is 21.3 Å². The lowest BCUT2D eigenvalue weighted by atomic mass is 10.1. The van der Waals surface area contributed by atoms with Crippen LogP contribution >= 0.6 is 0 Å². The molecule has 0 bridgehead atoms. The van der Waals surface area contributed by atoms with Gasteiger partial charge in [0.1, 0.15) is 11.6 Å². The number of hydrogen-bond acceptors (Lipinski definition) is 8. The van der Waals surface area contributed by atoms with Gasteiger partial charge in [0, 0.05) is 55.7 Å². The van der Waals surface area contributed by atoms with Gasteiger partial charge in [0.15, 0.2) is 5.82 Å². The number of nitrogens with one attached hydrogen (secondary N) is 4. The van der Waals surface area contributed by atoms with Gasteiger partial charge in [-0.2, -0.15) is 0 Å². The Morgan fingerprint density at radius 2 is 1.43 bits per heavy atom. The Morgan fingerprint density at radius 1 is 0.811 bits per heavy atom. The van der Waals surface area contributed by atoms with Crippen LogP contribution in [0, 0.1) is 6.92 Å². The zero-order valence-electron chi connectivity index (χ0n) is 20.7. The number of nitrogens with zero attached hydrogens (tertiary/aromatic N) is 3. The van der Waals surface area contributed by atoms with Crippen LogP contribution in [0.5, 0.6) is 5.88 Å². The first-order valence-electron chi connectivity index (χ1n) is 12.0. The van der Waals surface area contributed by atoms with E-state index < -0.39 is 0 Å². The van der Waals surface area contributed by atoms with E-state index in [9.17, 15) is 14.7 Å². The second-order valence-electron chi connectivity index (χ2n) is 8.37. The zero-order chi connectivity index (χ0) is 26.2. The number of pyridine rings is 1. The fourth-order valence-corrected chi connectivity index (χ4v) is 3.80. The minimum Gasteiger partial charge on any atom is -0.493 e. The summed E-state index contributed by atoms with van der Waals surface area (Å²) in [6.45, 7) is 5.09. The number of aromatic nitrogens is 3. The van der Waals surface area contributed by atoms with Gasteiger partial charge in [-0.15, -0.1) is 0 Å². The molecule has 0 fully saturated rings. The number of para-hydroxylation sites is 1. The van der Waals surface area contributed by atoms with Gasteiger partial charge in [-0.3, -0.25) is 9.59 Å². The smallest absolute Gasteiger partial charge is 0.252 e. The third kappa shape index (κ3) is 6.49. The highest BCUT2D eigenvalue weighted by Crippen LogP contribution is 2.25. The molecule has 0 aliphatic rings. The van der Waals surface area contributed by atoms with Gasteiger partial charge in [-0.25, -0.2) is 15.0 Å². The number of fused-ring (bicyclic) bond motifs is 1. The highest BCUT2D eigenvalue weighted by atomic mass is 16.3. The van der Waals surface area contributed by atoms with E-state index >= 15 is 0 Å². The summed E-state index contributed by atoms with van der Waals surface area (Å²) in [5, 5.41) is 22.8. The van der Waals surface area contributed by atoms with Crippen molar-refractivity contribution in [3.8, 4) is 17.3 Å². The number of anilines is 2. The van der Waals surface area contributed by atoms with Gasteiger partial charge < -0.3 is 26.4 Å². The molecular formula is C27H29N7O3. The van der Waals surface area contributed by atoms with Crippen molar-refractivity contribution in [1.29, 1.82) is 0 Å². The molecule has 10 nitrogen and oxygen atoms in total. The zero-order valence-corrected chi connectivity index (χ0v) is 20.7. The Bertz CT molecular complexity index is 1410. The number of aromatic hydroxyl groups is 1. The van der Waals surface area contributed by atoms with Crippen molar-refractivity contribution < 1.29 is 14.7 Å². The van der Waals surface area contributed by atoms with E-state index in [4.69, 9.17) is 4.98 Å². The molecule has 0 spiro atoms. The van der Waals surface area contributed by atoms with Crippen molar-refractivity contribution in [2.45, 2.75) is 13.8 Å². The molecule has 2 heterocycles. The van der Waals surface area contributed by atoms with Crippen molar-refractivity contribution in [2.24, 2.45) is 0 Å². The van der Waals surface area contributed by atoms with E-state index in [1.54, 1.807) is 18.2 Å². The summed E-state index contributed by atoms with van der Waals surface area (Å²) in [4.78, 5) is 37.4. The second-order valence-corrected chi connectivity index (χ2v) is 8.37. The molecule has 0 radical (unpaired) electrons. The van der Waals surface area contributed by atoms with Gasteiger partial charge in [0.25, 0.3) is 5.91 Å². The molecule has 10 heteroatoms. The third-order valence-corrected chi connectivity index (χ3v) is 5.62. The van der Waals surface area contributed by atoms with E-state index in [0.29, 0.717) is 60.1 Å². The molecule has 0 atom stereocenters. The molecule has 0 aliphatic heterocycles. The maximum Gasteiger partial charge on any atom is 0.252 e. The van der Waals surface area contributed by atoms with E-state index in [1.807, 2.05) is 43.3 Å². The highest BCUT2D eigenvalue weighted by Gasteiger charge is 2.14. The van der Waals surface area contributed by atoms with Crippen molar-refractivity contribution in [1.82, 2.24) is 25.6 Å². The highest BCUT2D eigenvalue weighted by molar-refractivity contribution is 6.06. The summed E-state index contributed by atoms with van der Waals surface area (Å²) in [6.07, 6.45) is 0. The van der Waals surface area contributed by atoms with Crippen LogP contribution in [0.4, 0.5) is 11.6 Å². The summed E-state index contributed by atoms with van der Waals surface area (Å²) in [5.74, 6) is 1.25. The lowest BCUT2D eigenvalue weighted by molar-refractivity contribution is -0.118. The summed E-state index contributed by atoms with van der Waals surface area (Å²) < 4.78 is 0. The van der Waals surface area contributed by atoms with Crippen molar-refractivity contribution >= 4 is 34.4 Å². The normalized spacial score (nSPS) is 10.6. The quantitative estimate of drug-likeness (QED) is 0.210. The molecule has 0 saturated carbocycles. The fourth-order valence-electron chi connectivity index (χ4n) is 3.80. The Balaban J connectivity index is 1.45. The van der Waals surface area contributed by atoms with Crippen LogP contribution in [-0.4, -0.2) is 58.1 Å². The van der Waals surface area contributed by atoms with Crippen LogP contribution in [0.25, 0.3) is 22.3 Å². The summed E-state index contributed by atoms with van der Waals surface area (Å²) >= 11 is 0. The molecule has 0 aliphatic carbocycles. The number of carbonyl (C=O) groups is 2. The largest absolute Gasteiger partial charge is 0.493 e. The van der Waals surface area contributed by atoms with Gasteiger partial charge in [0.2, 0.25) is 11.8 Å². The van der Waals surface area contributed by atoms with Crippen LogP contribution in [0.2, 0.25) is 0 Å². The molecule has 4 aromatic rings. The van der Waals surface area contributed by atoms with E-state index in [2.05, 4.69) is 31.2 Å². The van der Waals surface area contributed by atoms with Gasteiger partial charge in [0.05, 0.1) is 11.1 Å². The molecular weight excluding hydrogens is 470 g/mol. The third-order valence-electron chi connectivity index (χ3n) is 5.62. The standard InChI is InChI=1S/C27H29N7O3/c1-17-24(29-13-12-28-18(2)35)33-26(19-8-4-3-5-9-19)34-25(17)30-14-15-31-27(37)21-16-23(36)32-22-11-7-6-10-20(21)22/h3-11,16H,12-15H2,1-2H3,(H,28,35)(H,31,37)(H,32,36)(H2,29,30,33,34). The Labute approximate surface area is 214 Å². The van der Waals surface area contributed by atoms with E-state index in [0.717, 1.165) is 11.1 Å². The SMILES string of the molecule is CC(=O)NCCNc1nc(-c2ccccc2)nc(NCCNC(=O)c2cc(O)nc3ccccc23)c1C. The number of benzene rings is 2. The van der Waals surface area contributed by atoms with Crippen LogP contribution in [0.3, 0.4) is 0 Å². The van der Waals surface area contributed by atoms with Gasteiger partial charge in [-0.1, -0.05) is 48.5 Å².